The summed E-state index contributed by atoms with van der Waals surface area (Å²) in [6.07, 6.45) is 2.49. The second kappa shape index (κ2) is 7.84. The van der Waals surface area contributed by atoms with E-state index in [4.69, 9.17) is 9.47 Å². The summed E-state index contributed by atoms with van der Waals surface area (Å²) >= 11 is 3.54. The number of carbonyl (C=O) groups is 1. The minimum Gasteiger partial charge on any atom is -0.490 e. The van der Waals surface area contributed by atoms with Gasteiger partial charge in [0.25, 0.3) is 5.91 Å². The molecule has 6 nitrogen and oxygen atoms in total. The van der Waals surface area contributed by atoms with Gasteiger partial charge in [-0.3, -0.25) is 4.79 Å². The van der Waals surface area contributed by atoms with E-state index in [2.05, 4.69) is 26.3 Å². The molecule has 1 aromatic heterocycles. The molecule has 3 aromatic rings. The van der Waals surface area contributed by atoms with E-state index >= 15 is 0 Å². The molecule has 0 saturated heterocycles. The number of amides is 1. The van der Waals surface area contributed by atoms with Crippen molar-refractivity contribution in [2.75, 3.05) is 18.5 Å². The fraction of sp³-hybridized carbons (Fsp3) is 0.200. The maximum absolute atomic E-state index is 12.7. The molecule has 2 aromatic carbocycles. The highest BCUT2D eigenvalue weighted by Gasteiger charge is 2.15. The van der Waals surface area contributed by atoms with Crippen molar-refractivity contribution in [2.24, 2.45) is 0 Å². The third-order valence-corrected chi connectivity index (χ3v) is 5.02. The van der Waals surface area contributed by atoms with Crippen LogP contribution in [-0.2, 0) is 6.54 Å². The van der Waals surface area contributed by atoms with Gasteiger partial charge in [0.2, 0.25) is 0 Å². The number of halogens is 1. The first kappa shape index (κ1) is 17.6. The number of rotatable bonds is 4. The molecule has 0 fully saturated rings. The van der Waals surface area contributed by atoms with E-state index in [1.54, 1.807) is 35.1 Å². The van der Waals surface area contributed by atoms with E-state index in [-0.39, 0.29) is 5.91 Å². The third kappa shape index (κ3) is 3.98. The quantitative estimate of drug-likeness (QED) is 0.680. The summed E-state index contributed by atoms with van der Waals surface area (Å²) in [6, 6.07) is 14.9. The number of hydrogen-bond donors (Lipinski definition) is 1. The minimum atomic E-state index is -0.223. The number of benzene rings is 2. The van der Waals surface area contributed by atoms with Crippen molar-refractivity contribution in [3.63, 3.8) is 0 Å². The summed E-state index contributed by atoms with van der Waals surface area (Å²) in [5.41, 5.74) is 1.58. The molecule has 0 spiro atoms. The van der Waals surface area contributed by atoms with Crippen molar-refractivity contribution < 1.29 is 14.3 Å². The molecule has 27 heavy (non-hydrogen) atoms. The summed E-state index contributed by atoms with van der Waals surface area (Å²) in [4.78, 5) is 12.7. The molecule has 0 saturated carbocycles. The van der Waals surface area contributed by atoms with Crippen LogP contribution in [0.4, 0.5) is 5.82 Å². The van der Waals surface area contributed by atoms with Crippen LogP contribution in [0.5, 0.6) is 11.5 Å². The molecular formula is C20H18BrN3O3. The summed E-state index contributed by atoms with van der Waals surface area (Å²) < 4.78 is 14.0. The Balaban J connectivity index is 1.52. The Labute approximate surface area is 165 Å². The van der Waals surface area contributed by atoms with E-state index < -0.39 is 0 Å². The molecule has 1 amide bonds. The largest absolute Gasteiger partial charge is 0.490 e. The van der Waals surface area contributed by atoms with Crippen molar-refractivity contribution in [1.82, 2.24) is 9.78 Å². The van der Waals surface area contributed by atoms with Crippen LogP contribution in [-0.4, -0.2) is 28.9 Å². The van der Waals surface area contributed by atoms with Crippen molar-refractivity contribution >= 4 is 27.7 Å². The molecule has 2 heterocycles. The lowest BCUT2D eigenvalue weighted by molar-refractivity contribution is 0.102. The van der Waals surface area contributed by atoms with Gasteiger partial charge in [-0.1, -0.05) is 34.1 Å². The van der Waals surface area contributed by atoms with Gasteiger partial charge in [-0.25, -0.2) is 4.68 Å². The monoisotopic (exact) mass is 427 g/mol. The van der Waals surface area contributed by atoms with Gasteiger partial charge in [-0.15, -0.1) is 0 Å². The molecule has 0 unspecified atom stereocenters. The average Bonchev–Trinajstić information content (AvgIpc) is 2.97. The number of nitrogens with one attached hydrogen (secondary N) is 1. The van der Waals surface area contributed by atoms with Gasteiger partial charge in [0, 0.05) is 22.5 Å². The van der Waals surface area contributed by atoms with Crippen LogP contribution < -0.4 is 14.8 Å². The fourth-order valence-electron chi connectivity index (χ4n) is 2.85. The first-order valence-electron chi connectivity index (χ1n) is 8.67. The summed E-state index contributed by atoms with van der Waals surface area (Å²) in [5.74, 6) is 1.67. The maximum atomic E-state index is 12.7. The fourth-order valence-corrected chi connectivity index (χ4v) is 3.26. The number of carbonyl (C=O) groups excluding carboxylic acids is 1. The lowest BCUT2D eigenvalue weighted by atomic mass is 10.2. The lowest BCUT2D eigenvalue weighted by Crippen LogP contribution is -2.16. The van der Waals surface area contributed by atoms with Gasteiger partial charge in [-0.05, 0) is 29.8 Å². The van der Waals surface area contributed by atoms with Crippen LogP contribution in [0, 0.1) is 0 Å². The topological polar surface area (TPSA) is 65.4 Å². The highest BCUT2D eigenvalue weighted by atomic mass is 79.9. The zero-order chi connectivity index (χ0) is 18.6. The van der Waals surface area contributed by atoms with E-state index in [1.165, 1.54) is 0 Å². The second-order valence-corrected chi connectivity index (χ2v) is 6.99. The van der Waals surface area contributed by atoms with Crippen LogP contribution in [0.1, 0.15) is 22.3 Å². The first-order valence-corrected chi connectivity index (χ1v) is 9.46. The van der Waals surface area contributed by atoms with Crippen molar-refractivity contribution in [2.45, 2.75) is 13.0 Å². The highest BCUT2D eigenvalue weighted by molar-refractivity contribution is 9.10. The molecule has 4 rings (SSSR count). The molecule has 1 aliphatic rings. The van der Waals surface area contributed by atoms with Gasteiger partial charge in [0.1, 0.15) is 5.82 Å². The number of hydrogen-bond acceptors (Lipinski definition) is 4. The standard InChI is InChI=1S/C20H18BrN3O3/c21-16-5-2-1-4-15(16)13-24-19(8-9-22-24)23-20(25)14-6-7-17-18(12-14)27-11-3-10-26-17/h1-2,4-9,12H,3,10-11,13H2,(H,23,25). The molecule has 7 heteroatoms. The molecular weight excluding hydrogens is 410 g/mol. The summed E-state index contributed by atoms with van der Waals surface area (Å²) in [5, 5.41) is 7.24. The van der Waals surface area contributed by atoms with E-state index in [0.29, 0.717) is 42.6 Å². The average molecular weight is 428 g/mol. The van der Waals surface area contributed by atoms with Gasteiger partial charge < -0.3 is 14.8 Å². The van der Waals surface area contributed by atoms with Crippen molar-refractivity contribution in [3.05, 3.63) is 70.3 Å². The van der Waals surface area contributed by atoms with Crippen LogP contribution in [0.3, 0.4) is 0 Å². The van der Waals surface area contributed by atoms with E-state index in [0.717, 1.165) is 16.5 Å². The lowest BCUT2D eigenvalue weighted by Gasteiger charge is -2.12. The second-order valence-electron chi connectivity index (χ2n) is 6.13. The third-order valence-electron chi connectivity index (χ3n) is 4.25. The molecule has 0 atom stereocenters. The number of aromatic nitrogens is 2. The SMILES string of the molecule is O=C(Nc1ccnn1Cc1ccccc1Br)c1ccc2c(c1)OCCCO2. The Hall–Kier alpha value is -2.80. The normalized spacial score (nSPS) is 13.1. The number of nitrogens with zero attached hydrogens (tertiary/aromatic N) is 2. The Bertz CT molecular complexity index is 971. The van der Waals surface area contributed by atoms with Gasteiger partial charge >= 0.3 is 0 Å². The smallest absolute Gasteiger partial charge is 0.256 e. The highest BCUT2D eigenvalue weighted by Crippen LogP contribution is 2.30. The van der Waals surface area contributed by atoms with Crippen LogP contribution in [0.15, 0.2) is 59.2 Å². The molecule has 0 bridgehead atoms. The minimum absolute atomic E-state index is 0.223. The Morgan fingerprint density at radius 3 is 2.78 bits per heavy atom. The zero-order valence-electron chi connectivity index (χ0n) is 14.5. The summed E-state index contributed by atoms with van der Waals surface area (Å²) in [7, 11) is 0. The molecule has 0 radical (unpaired) electrons. The van der Waals surface area contributed by atoms with Crippen LogP contribution >= 0.6 is 15.9 Å². The predicted octanol–water partition coefficient (Wildman–Crippen LogP) is 4.11. The first-order chi connectivity index (χ1) is 13.2. The Morgan fingerprint density at radius 2 is 1.93 bits per heavy atom. The predicted molar refractivity (Wildman–Crippen MR) is 105 cm³/mol. The molecule has 138 valence electrons. The van der Waals surface area contributed by atoms with Gasteiger partial charge in [0.15, 0.2) is 11.5 Å². The molecule has 1 aliphatic heterocycles. The van der Waals surface area contributed by atoms with E-state index in [1.807, 2.05) is 24.3 Å². The Morgan fingerprint density at radius 1 is 1.11 bits per heavy atom. The summed E-state index contributed by atoms with van der Waals surface area (Å²) in [6.45, 7) is 1.74. The van der Waals surface area contributed by atoms with Crippen LogP contribution in [0.25, 0.3) is 0 Å². The maximum Gasteiger partial charge on any atom is 0.256 e. The zero-order valence-corrected chi connectivity index (χ0v) is 16.1. The number of anilines is 1. The van der Waals surface area contributed by atoms with Crippen molar-refractivity contribution in [3.8, 4) is 11.5 Å². The van der Waals surface area contributed by atoms with Crippen LogP contribution in [0.2, 0.25) is 0 Å². The molecule has 1 N–H and O–H groups in total. The van der Waals surface area contributed by atoms with E-state index in [9.17, 15) is 4.79 Å². The van der Waals surface area contributed by atoms with Crippen molar-refractivity contribution in [1.29, 1.82) is 0 Å². The van der Waals surface area contributed by atoms with Gasteiger partial charge in [-0.2, -0.15) is 5.10 Å². The Kier molecular flexibility index (Phi) is 5.11. The number of ether oxygens (including phenoxy) is 2. The number of fused-ring (bicyclic) bond motifs is 1. The van der Waals surface area contributed by atoms with Gasteiger partial charge in [0.05, 0.1) is 26.0 Å². The molecule has 0 aliphatic carbocycles.